The van der Waals surface area contributed by atoms with Crippen LogP contribution in [-0.2, 0) is 4.79 Å². The first kappa shape index (κ1) is 9.46. The van der Waals surface area contributed by atoms with Gasteiger partial charge in [-0.25, -0.2) is 9.18 Å². The maximum Gasteiger partial charge on any atom is 0.335 e. The molecule has 0 bridgehead atoms. The Morgan fingerprint density at radius 1 is 1.71 bits per heavy atom. The van der Waals surface area contributed by atoms with Crippen molar-refractivity contribution in [1.29, 1.82) is 0 Å². The molecule has 0 heterocycles. The first-order valence-electron chi connectivity index (χ1n) is 1.55. The van der Waals surface area contributed by atoms with Gasteiger partial charge in [0, 0.05) is 0 Å². The lowest BCUT2D eigenvalue weighted by Crippen LogP contribution is -1.93. The second kappa shape index (κ2) is 8.94. The third kappa shape index (κ3) is 39.0. The molecule has 1 N–H and O–H groups in total. The molecule has 0 spiro atoms. The first-order valence-corrected chi connectivity index (χ1v) is 1.55. The van der Waals surface area contributed by atoms with Crippen molar-refractivity contribution >= 4 is 5.97 Å². The van der Waals surface area contributed by atoms with E-state index in [0.717, 1.165) is 0 Å². The van der Waals surface area contributed by atoms with Crippen LogP contribution in [-0.4, -0.2) is 17.8 Å². The van der Waals surface area contributed by atoms with E-state index in [1.165, 1.54) is 0 Å². The molecule has 0 unspecified atom stereocenters. The largest absolute Gasteiger partial charge is 0.479 e. The average Bonchev–Trinajstić information content (AvgIpc) is 1.73. The van der Waals surface area contributed by atoms with Crippen LogP contribution in [0, 0.1) is 0 Å². The van der Waals surface area contributed by atoms with Gasteiger partial charge in [0.05, 0.1) is 0 Å². The standard InChI is InChI=1S/C2H3FO2.C2H4/c3-1-2(4)5;1-2/h1H2,(H,4,5);1-2H2. The van der Waals surface area contributed by atoms with Crippen LogP contribution in [0.3, 0.4) is 0 Å². The highest BCUT2D eigenvalue weighted by Gasteiger charge is 1.85. The molecule has 0 saturated carbocycles. The molecule has 2 nitrogen and oxygen atoms in total. The minimum atomic E-state index is -1.41. The zero-order valence-electron chi connectivity index (χ0n) is 3.85. The molecule has 0 aliphatic carbocycles. The van der Waals surface area contributed by atoms with E-state index >= 15 is 0 Å². The van der Waals surface area contributed by atoms with Gasteiger partial charge in [-0.3, -0.25) is 0 Å². The molecule has 0 rings (SSSR count). The Morgan fingerprint density at radius 3 is 1.86 bits per heavy atom. The van der Waals surface area contributed by atoms with Crippen LogP contribution in [0.1, 0.15) is 0 Å². The van der Waals surface area contributed by atoms with Crippen molar-refractivity contribution in [1.82, 2.24) is 0 Å². The van der Waals surface area contributed by atoms with Gasteiger partial charge in [0.2, 0.25) is 0 Å². The van der Waals surface area contributed by atoms with Crippen molar-refractivity contribution in [2.24, 2.45) is 0 Å². The molecule has 0 aliphatic heterocycles. The summed E-state index contributed by atoms with van der Waals surface area (Å²) in [5.41, 5.74) is 0. The van der Waals surface area contributed by atoms with Crippen LogP contribution in [0.5, 0.6) is 0 Å². The van der Waals surface area contributed by atoms with Crippen molar-refractivity contribution in [2.45, 2.75) is 0 Å². The molecule has 0 aromatic rings. The minimum Gasteiger partial charge on any atom is -0.479 e. The SMILES string of the molecule is C=C.O=C(O)CF. The van der Waals surface area contributed by atoms with Crippen LogP contribution < -0.4 is 0 Å². The third-order valence-electron chi connectivity index (χ3n) is 0.114. The predicted octanol–water partition coefficient (Wildman–Crippen LogP) is 0.843. The Balaban J connectivity index is 0. The second-order valence-electron chi connectivity index (χ2n) is 0.527. The van der Waals surface area contributed by atoms with Gasteiger partial charge in [-0.2, -0.15) is 0 Å². The molecular weight excluding hydrogens is 99.0 g/mol. The Kier molecular flexibility index (Phi) is 12.1. The molecular formula is C4H7FO2. The summed E-state index contributed by atoms with van der Waals surface area (Å²) in [7, 11) is 0. The lowest BCUT2D eigenvalue weighted by atomic mass is 10.8. The van der Waals surface area contributed by atoms with Crippen LogP contribution in [0.15, 0.2) is 13.2 Å². The normalized spacial score (nSPS) is 5.86. The number of aliphatic carboxylic acids is 1. The number of rotatable bonds is 1. The summed E-state index contributed by atoms with van der Waals surface area (Å²) >= 11 is 0. The quantitative estimate of drug-likeness (QED) is 0.503. The van der Waals surface area contributed by atoms with Gasteiger partial charge in [0.1, 0.15) is 0 Å². The Hall–Kier alpha value is -0.860. The number of carboxylic acid groups (broad SMARTS) is 1. The smallest absolute Gasteiger partial charge is 0.335 e. The van der Waals surface area contributed by atoms with Gasteiger partial charge < -0.3 is 5.11 Å². The second-order valence-corrected chi connectivity index (χ2v) is 0.527. The number of hydrogen-bond acceptors (Lipinski definition) is 1. The molecule has 0 amide bonds. The van der Waals surface area contributed by atoms with Gasteiger partial charge in [0.15, 0.2) is 6.67 Å². The van der Waals surface area contributed by atoms with Crippen molar-refractivity contribution in [3.63, 3.8) is 0 Å². The molecule has 7 heavy (non-hydrogen) atoms. The van der Waals surface area contributed by atoms with Crippen molar-refractivity contribution in [2.75, 3.05) is 6.67 Å². The number of carbonyl (C=O) groups is 1. The molecule has 0 fully saturated rings. The topological polar surface area (TPSA) is 37.3 Å². The number of carboxylic acids is 1. The maximum atomic E-state index is 10.5. The summed E-state index contributed by atoms with van der Waals surface area (Å²) < 4.78 is 10.5. The summed E-state index contributed by atoms with van der Waals surface area (Å²) in [6, 6.07) is 0. The lowest BCUT2D eigenvalue weighted by molar-refractivity contribution is -0.137. The summed E-state index contributed by atoms with van der Waals surface area (Å²) in [5.74, 6) is -1.41. The van der Waals surface area contributed by atoms with E-state index in [4.69, 9.17) is 9.90 Å². The summed E-state index contributed by atoms with van der Waals surface area (Å²) in [6.07, 6.45) is 0. The highest BCUT2D eigenvalue weighted by molar-refractivity contribution is 5.67. The number of hydrogen-bond donors (Lipinski definition) is 1. The van der Waals surface area contributed by atoms with Crippen LogP contribution in [0.4, 0.5) is 4.39 Å². The molecule has 42 valence electrons. The van der Waals surface area contributed by atoms with Crippen molar-refractivity contribution in [3.8, 4) is 0 Å². The molecule has 0 saturated heterocycles. The van der Waals surface area contributed by atoms with Gasteiger partial charge in [-0.05, 0) is 0 Å². The molecule has 0 radical (unpaired) electrons. The molecule has 0 aromatic carbocycles. The fourth-order valence-electron chi connectivity index (χ4n) is 0. The fraction of sp³-hybridized carbons (Fsp3) is 0.250. The monoisotopic (exact) mass is 106 g/mol. The van der Waals surface area contributed by atoms with Crippen LogP contribution in [0.2, 0.25) is 0 Å². The highest BCUT2D eigenvalue weighted by Crippen LogP contribution is 1.60. The van der Waals surface area contributed by atoms with E-state index in [2.05, 4.69) is 13.2 Å². The molecule has 0 atom stereocenters. The third-order valence-corrected chi connectivity index (χ3v) is 0.114. The Bertz CT molecular complexity index is 53.7. The summed E-state index contributed by atoms with van der Waals surface area (Å²) in [6.45, 7) is 4.72. The molecule has 0 aliphatic rings. The number of halogens is 1. The van der Waals surface area contributed by atoms with Gasteiger partial charge >= 0.3 is 5.97 Å². The number of alkyl halides is 1. The van der Waals surface area contributed by atoms with Gasteiger partial charge in [0.25, 0.3) is 0 Å². The van der Waals surface area contributed by atoms with Crippen molar-refractivity contribution < 1.29 is 14.3 Å². The fourth-order valence-corrected chi connectivity index (χ4v) is 0. The van der Waals surface area contributed by atoms with E-state index in [1.54, 1.807) is 0 Å². The van der Waals surface area contributed by atoms with E-state index in [9.17, 15) is 4.39 Å². The first-order chi connectivity index (χ1) is 3.27. The van der Waals surface area contributed by atoms with Crippen LogP contribution in [0.25, 0.3) is 0 Å². The Morgan fingerprint density at radius 2 is 1.86 bits per heavy atom. The van der Waals surface area contributed by atoms with E-state index in [0.29, 0.717) is 0 Å². The zero-order chi connectivity index (χ0) is 6.28. The summed E-state index contributed by atoms with van der Waals surface area (Å²) in [4.78, 5) is 8.99. The lowest BCUT2D eigenvalue weighted by Gasteiger charge is -1.69. The average molecular weight is 106 g/mol. The molecule has 3 heteroatoms. The van der Waals surface area contributed by atoms with E-state index in [1.807, 2.05) is 0 Å². The van der Waals surface area contributed by atoms with Gasteiger partial charge in [-0.1, -0.05) is 0 Å². The van der Waals surface area contributed by atoms with E-state index < -0.39 is 12.6 Å². The van der Waals surface area contributed by atoms with Crippen molar-refractivity contribution in [3.05, 3.63) is 13.2 Å². The molecule has 0 aromatic heterocycles. The zero-order valence-corrected chi connectivity index (χ0v) is 3.85. The van der Waals surface area contributed by atoms with Crippen LogP contribution >= 0.6 is 0 Å². The minimum absolute atomic E-state index is 1.28. The Labute approximate surface area is 41.3 Å². The maximum absolute atomic E-state index is 10.5. The summed E-state index contributed by atoms with van der Waals surface area (Å²) in [5, 5.41) is 7.35. The highest BCUT2D eigenvalue weighted by atomic mass is 19.1. The van der Waals surface area contributed by atoms with Gasteiger partial charge in [-0.15, -0.1) is 13.2 Å². The van der Waals surface area contributed by atoms with E-state index in [-0.39, 0.29) is 0 Å². The predicted molar refractivity (Wildman–Crippen MR) is 24.9 cm³/mol.